The lowest BCUT2D eigenvalue weighted by atomic mass is 10.2. The molecule has 0 fully saturated rings. The molecule has 0 aliphatic carbocycles. The van der Waals surface area contributed by atoms with Crippen LogP contribution in [0.3, 0.4) is 0 Å². The van der Waals surface area contributed by atoms with E-state index in [0.717, 1.165) is 18.6 Å². The van der Waals surface area contributed by atoms with E-state index >= 15 is 0 Å². The molecular formula is C21H23NO4S. The van der Waals surface area contributed by atoms with Crippen molar-refractivity contribution in [2.24, 2.45) is 0 Å². The Morgan fingerprint density at radius 2 is 2.04 bits per heavy atom. The highest BCUT2D eigenvalue weighted by Gasteiger charge is 2.16. The monoisotopic (exact) mass is 385 g/mol. The lowest BCUT2D eigenvalue weighted by Crippen LogP contribution is -2.35. The zero-order valence-electron chi connectivity index (χ0n) is 15.2. The topological polar surface area (TPSA) is 62.9 Å². The summed E-state index contributed by atoms with van der Waals surface area (Å²) in [6.45, 7) is 4.10. The van der Waals surface area contributed by atoms with Gasteiger partial charge in [-0.25, -0.2) is 0 Å². The molecule has 6 heteroatoms. The number of benzene rings is 1. The van der Waals surface area contributed by atoms with Crippen molar-refractivity contribution in [3.8, 4) is 5.75 Å². The van der Waals surface area contributed by atoms with Crippen molar-refractivity contribution in [3.05, 3.63) is 75.9 Å². The van der Waals surface area contributed by atoms with E-state index in [4.69, 9.17) is 9.15 Å². The summed E-state index contributed by atoms with van der Waals surface area (Å²) in [7, 11) is 0. The number of hydrogen-bond donors (Lipinski definition) is 1. The summed E-state index contributed by atoms with van der Waals surface area (Å²) in [6, 6.07) is 12.7. The first kappa shape index (κ1) is 19.4. The third-order valence-corrected chi connectivity index (χ3v) is 5.23. The van der Waals surface area contributed by atoms with Gasteiger partial charge in [-0.15, -0.1) is 11.3 Å². The first-order valence-electron chi connectivity index (χ1n) is 8.78. The number of rotatable bonds is 10. The van der Waals surface area contributed by atoms with E-state index in [0.29, 0.717) is 24.4 Å². The van der Waals surface area contributed by atoms with Crippen LogP contribution in [0.2, 0.25) is 0 Å². The van der Waals surface area contributed by atoms with Gasteiger partial charge in [0, 0.05) is 23.5 Å². The molecule has 3 rings (SSSR count). The predicted octanol–water partition coefficient (Wildman–Crippen LogP) is 3.90. The highest BCUT2D eigenvalue weighted by atomic mass is 32.1. The highest BCUT2D eigenvalue weighted by molar-refractivity contribution is 7.10. The largest absolute Gasteiger partial charge is 0.491 e. The Hall–Kier alpha value is -2.41. The van der Waals surface area contributed by atoms with Crippen molar-refractivity contribution in [3.63, 3.8) is 0 Å². The first-order valence-corrected chi connectivity index (χ1v) is 9.66. The average Bonchev–Trinajstić information content (AvgIpc) is 3.32. The number of thiophene rings is 1. The zero-order chi connectivity index (χ0) is 19.1. The summed E-state index contributed by atoms with van der Waals surface area (Å²) in [5.74, 6) is 1.49. The average molecular weight is 385 g/mol. The van der Waals surface area contributed by atoms with Gasteiger partial charge in [0.25, 0.3) is 0 Å². The molecule has 0 aliphatic heterocycles. The standard InChI is InChI=1S/C21H23NO4S/c1-16-8-10-27-21(16)13-22(12-20-3-2-9-25-20)11-18(24)15-26-19-6-4-17(14-23)5-7-19/h2-10,14,18,24H,11-13,15H2,1H3. The molecule has 27 heavy (non-hydrogen) atoms. The van der Waals surface area contributed by atoms with Crippen LogP contribution in [0.5, 0.6) is 5.75 Å². The molecule has 2 aromatic heterocycles. The molecule has 1 unspecified atom stereocenters. The van der Waals surface area contributed by atoms with Gasteiger partial charge in [0.2, 0.25) is 0 Å². The molecule has 3 aromatic rings. The molecule has 0 bridgehead atoms. The quantitative estimate of drug-likeness (QED) is 0.536. The third-order valence-electron chi connectivity index (χ3n) is 4.22. The minimum Gasteiger partial charge on any atom is -0.491 e. The molecule has 0 spiro atoms. The number of aliphatic hydroxyl groups excluding tert-OH is 1. The smallest absolute Gasteiger partial charge is 0.150 e. The number of carbonyl (C=O) groups is 1. The minimum absolute atomic E-state index is 0.179. The van der Waals surface area contributed by atoms with Crippen LogP contribution in [0.4, 0.5) is 0 Å². The van der Waals surface area contributed by atoms with Crippen molar-refractivity contribution in [1.82, 2.24) is 4.90 Å². The summed E-state index contributed by atoms with van der Waals surface area (Å²) in [6.07, 6.45) is 1.80. The van der Waals surface area contributed by atoms with E-state index in [1.165, 1.54) is 10.4 Å². The van der Waals surface area contributed by atoms with Crippen LogP contribution < -0.4 is 4.74 Å². The number of furan rings is 1. The van der Waals surface area contributed by atoms with E-state index in [1.807, 2.05) is 12.1 Å². The van der Waals surface area contributed by atoms with Crippen molar-refractivity contribution in [2.75, 3.05) is 13.2 Å². The second-order valence-electron chi connectivity index (χ2n) is 6.43. The van der Waals surface area contributed by atoms with Crippen molar-refractivity contribution >= 4 is 17.6 Å². The molecule has 2 heterocycles. The lowest BCUT2D eigenvalue weighted by Gasteiger charge is -2.24. The van der Waals surface area contributed by atoms with Crippen LogP contribution in [0.15, 0.2) is 58.5 Å². The van der Waals surface area contributed by atoms with Crippen LogP contribution in [0.1, 0.15) is 26.6 Å². The van der Waals surface area contributed by atoms with E-state index in [1.54, 1.807) is 41.9 Å². The first-order chi connectivity index (χ1) is 13.1. The molecule has 1 aromatic carbocycles. The molecule has 1 atom stereocenters. The van der Waals surface area contributed by atoms with Crippen molar-refractivity contribution in [2.45, 2.75) is 26.1 Å². The molecule has 0 amide bonds. The van der Waals surface area contributed by atoms with Crippen LogP contribution in [0, 0.1) is 6.92 Å². The second-order valence-corrected chi connectivity index (χ2v) is 7.43. The van der Waals surface area contributed by atoms with E-state index in [9.17, 15) is 9.90 Å². The fourth-order valence-electron chi connectivity index (χ4n) is 2.76. The Labute approximate surface area is 162 Å². The number of aliphatic hydroxyl groups is 1. The van der Waals surface area contributed by atoms with Gasteiger partial charge in [-0.3, -0.25) is 9.69 Å². The highest BCUT2D eigenvalue weighted by Crippen LogP contribution is 2.20. The molecule has 0 radical (unpaired) electrons. The van der Waals surface area contributed by atoms with Gasteiger partial charge in [0.1, 0.15) is 30.5 Å². The van der Waals surface area contributed by atoms with Crippen LogP contribution in [-0.2, 0) is 13.1 Å². The number of aryl methyl sites for hydroxylation is 1. The maximum atomic E-state index is 10.7. The summed E-state index contributed by atoms with van der Waals surface area (Å²) >= 11 is 1.72. The summed E-state index contributed by atoms with van der Waals surface area (Å²) in [5.41, 5.74) is 1.85. The number of aldehydes is 1. The van der Waals surface area contributed by atoms with Gasteiger partial charge in [-0.2, -0.15) is 0 Å². The maximum Gasteiger partial charge on any atom is 0.150 e. The van der Waals surface area contributed by atoms with Crippen molar-refractivity contribution in [1.29, 1.82) is 0 Å². The fourth-order valence-corrected chi connectivity index (χ4v) is 3.71. The van der Waals surface area contributed by atoms with Gasteiger partial charge in [0.15, 0.2) is 0 Å². The van der Waals surface area contributed by atoms with Gasteiger partial charge in [-0.05, 0) is 60.3 Å². The van der Waals surface area contributed by atoms with E-state index in [-0.39, 0.29) is 6.61 Å². The Balaban J connectivity index is 1.57. The summed E-state index contributed by atoms with van der Waals surface area (Å²) in [4.78, 5) is 14.1. The molecular weight excluding hydrogens is 362 g/mol. The Morgan fingerprint density at radius 3 is 2.67 bits per heavy atom. The minimum atomic E-state index is -0.647. The third kappa shape index (κ3) is 5.79. The van der Waals surface area contributed by atoms with E-state index < -0.39 is 6.10 Å². The Morgan fingerprint density at radius 1 is 1.22 bits per heavy atom. The zero-order valence-corrected chi connectivity index (χ0v) is 16.0. The number of hydrogen-bond acceptors (Lipinski definition) is 6. The van der Waals surface area contributed by atoms with Gasteiger partial charge >= 0.3 is 0 Å². The van der Waals surface area contributed by atoms with Crippen LogP contribution >= 0.6 is 11.3 Å². The lowest BCUT2D eigenvalue weighted by molar-refractivity contribution is 0.0607. The second kappa shape index (κ2) is 9.50. The number of carbonyl (C=O) groups excluding carboxylic acids is 1. The van der Waals surface area contributed by atoms with Gasteiger partial charge < -0.3 is 14.3 Å². The Bertz CT molecular complexity index is 826. The normalized spacial score (nSPS) is 12.3. The van der Waals surface area contributed by atoms with Gasteiger partial charge in [0.05, 0.1) is 12.8 Å². The SMILES string of the molecule is Cc1ccsc1CN(Cc1ccco1)CC(O)COc1ccc(C=O)cc1. The molecule has 142 valence electrons. The molecule has 5 nitrogen and oxygen atoms in total. The van der Waals surface area contributed by atoms with E-state index in [2.05, 4.69) is 23.3 Å². The summed E-state index contributed by atoms with van der Waals surface area (Å²) in [5, 5.41) is 12.5. The van der Waals surface area contributed by atoms with Gasteiger partial charge in [-0.1, -0.05) is 0 Å². The maximum absolute atomic E-state index is 10.7. The molecule has 0 saturated carbocycles. The van der Waals surface area contributed by atoms with Crippen molar-refractivity contribution < 1.29 is 19.1 Å². The van der Waals surface area contributed by atoms with Crippen LogP contribution in [-0.4, -0.2) is 35.5 Å². The summed E-state index contributed by atoms with van der Waals surface area (Å²) < 4.78 is 11.1. The molecule has 1 N–H and O–H groups in total. The fraction of sp³-hybridized carbons (Fsp3) is 0.286. The van der Waals surface area contributed by atoms with Crippen LogP contribution in [0.25, 0.3) is 0 Å². The number of ether oxygens (including phenoxy) is 1. The number of nitrogens with zero attached hydrogens (tertiary/aromatic N) is 1. The molecule has 0 saturated heterocycles. The molecule has 0 aliphatic rings. The Kier molecular flexibility index (Phi) is 6.81. The predicted molar refractivity (Wildman–Crippen MR) is 105 cm³/mol.